The Morgan fingerprint density at radius 1 is 0.984 bits per heavy atom. The monoisotopic (exact) mass is 904 g/mol. The number of likely N-dealkylation sites (N-methyl/N-ethyl adjacent to an activating group) is 2. The van der Waals surface area contributed by atoms with Crippen molar-refractivity contribution in [3.8, 4) is 0 Å². The molecule has 0 spiro atoms. The van der Waals surface area contributed by atoms with E-state index >= 15 is 0 Å². The molecule has 0 aromatic carbocycles. The number of cyclic esters (lactones) is 1. The van der Waals surface area contributed by atoms with Gasteiger partial charge in [-0.05, 0) is 114 Å². The molecule has 18 nitrogen and oxygen atoms in total. The van der Waals surface area contributed by atoms with Gasteiger partial charge in [-0.3, -0.25) is 9.59 Å². The molecule has 366 valence electrons. The van der Waals surface area contributed by atoms with Crippen molar-refractivity contribution < 1.29 is 68.0 Å². The van der Waals surface area contributed by atoms with Crippen LogP contribution in [0.15, 0.2) is 0 Å². The van der Waals surface area contributed by atoms with Crippen LogP contribution in [-0.4, -0.2) is 167 Å². The van der Waals surface area contributed by atoms with Gasteiger partial charge in [-0.2, -0.15) is 0 Å². The van der Waals surface area contributed by atoms with Gasteiger partial charge in [-0.25, -0.2) is 0 Å². The van der Waals surface area contributed by atoms with Gasteiger partial charge in [0, 0.05) is 38.5 Å². The molecular weight excluding hydrogens is 823 g/mol. The number of nitrogens with zero attached hydrogens (tertiary/aromatic N) is 3. The van der Waals surface area contributed by atoms with Gasteiger partial charge < -0.3 is 63.1 Å². The van der Waals surface area contributed by atoms with Crippen molar-refractivity contribution in [2.75, 3.05) is 34.8 Å². The van der Waals surface area contributed by atoms with Crippen LogP contribution in [0.2, 0.25) is 0 Å². The lowest BCUT2D eigenvalue weighted by atomic mass is 9.77. The van der Waals surface area contributed by atoms with Gasteiger partial charge in [0.1, 0.15) is 17.8 Å². The summed E-state index contributed by atoms with van der Waals surface area (Å²) >= 11 is 0. The van der Waals surface area contributed by atoms with Crippen molar-refractivity contribution in [3.05, 3.63) is 10.1 Å². The lowest BCUT2D eigenvalue weighted by Gasteiger charge is -2.49. The molecule has 0 bridgehead atoms. The summed E-state index contributed by atoms with van der Waals surface area (Å²) in [6, 6.07) is -1.07. The lowest BCUT2D eigenvalue weighted by molar-refractivity contribution is -0.774. The first-order valence-electron chi connectivity index (χ1n) is 23.1. The third-order valence-electron chi connectivity index (χ3n) is 14.5. The predicted molar refractivity (Wildman–Crippen MR) is 230 cm³/mol. The second kappa shape index (κ2) is 22.0. The smallest absolute Gasteiger partial charge is 0.311 e. The number of rotatable bonds is 12. The van der Waals surface area contributed by atoms with Crippen LogP contribution in [0.5, 0.6) is 0 Å². The number of carbonyl (C=O) groups is 2. The molecule has 3 N–H and O–H groups in total. The lowest BCUT2D eigenvalue weighted by Crippen LogP contribution is -2.61. The Bertz CT molecular complexity index is 1500. The first-order valence-corrected chi connectivity index (χ1v) is 23.1. The highest BCUT2D eigenvalue weighted by Crippen LogP contribution is 2.41. The van der Waals surface area contributed by atoms with Crippen molar-refractivity contribution in [2.24, 2.45) is 23.7 Å². The minimum absolute atomic E-state index is 0.0716. The molecule has 1 saturated carbocycles. The standard InChI is InChI=1S/C45H81N3O15/c1-15-33-45(10,53)40(63-48(54)55)29(6)47(13)24-25(2)22-43(8,52)39(27(4)36(28(5)41(51)59-33)61-35-23-44(9,56-14)38(50)30(7)58-35)62-42-37(32(46(11)12)20-26(3)57-42)60-34(49)21-31-18-16-17-19-31/h25-33,35-40,42,50,52-53H,15-24H2,1-14H3/t25-,26-,27+,28-,29-,30+,32?,33-,35+,36+,37-,38+,39-,40-,42+,43-,44-,45-/m1/s1. The molecule has 4 rings (SSSR count). The summed E-state index contributed by atoms with van der Waals surface area (Å²) in [6.45, 7) is 17.4. The normalized spacial score (nSPS) is 44.3. The van der Waals surface area contributed by atoms with Crippen LogP contribution < -0.4 is 0 Å². The fraction of sp³-hybridized carbons (Fsp3) is 0.956. The van der Waals surface area contributed by atoms with Crippen LogP contribution in [-0.2, 0) is 47.6 Å². The molecular formula is C45H81N3O15. The molecule has 4 aliphatic rings. The van der Waals surface area contributed by atoms with Crippen LogP contribution in [0.3, 0.4) is 0 Å². The summed E-state index contributed by atoms with van der Waals surface area (Å²) < 4.78 is 44.8. The van der Waals surface area contributed by atoms with E-state index in [0.717, 1.165) is 25.7 Å². The van der Waals surface area contributed by atoms with Crippen LogP contribution in [0.25, 0.3) is 0 Å². The van der Waals surface area contributed by atoms with Gasteiger partial charge in [-0.15, -0.1) is 10.1 Å². The molecule has 0 aromatic heterocycles. The Labute approximate surface area is 375 Å². The van der Waals surface area contributed by atoms with Crippen molar-refractivity contribution in [3.63, 3.8) is 0 Å². The average molecular weight is 904 g/mol. The second-order valence-corrected chi connectivity index (χ2v) is 20.3. The number of hydrogen-bond acceptors (Lipinski definition) is 17. The van der Waals surface area contributed by atoms with Crippen molar-refractivity contribution in [1.82, 2.24) is 9.80 Å². The molecule has 4 fully saturated rings. The average Bonchev–Trinajstić information content (AvgIpc) is 3.70. The zero-order valence-corrected chi connectivity index (χ0v) is 40.4. The maximum atomic E-state index is 14.6. The summed E-state index contributed by atoms with van der Waals surface area (Å²) in [5.41, 5.74) is -4.82. The highest BCUT2D eigenvalue weighted by Gasteiger charge is 2.54. The Kier molecular flexibility index (Phi) is 18.7. The number of aliphatic hydroxyl groups excluding tert-OH is 1. The van der Waals surface area contributed by atoms with Crippen molar-refractivity contribution in [1.29, 1.82) is 0 Å². The quantitative estimate of drug-likeness (QED) is 0.142. The van der Waals surface area contributed by atoms with Gasteiger partial charge >= 0.3 is 11.9 Å². The highest BCUT2D eigenvalue weighted by molar-refractivity contribution is 5.73. The van der Waals surface area contributed by atoms with Gasteiger partial charge in [0.25, 0.3) is 5.09 Å². The number of aliphatic hydroxyl groups is 3. The second-order valence-electron chi connectivity index (χ2n) is 20.3. The van der Waals surface area contributed by atoms with E-state index in [9.17, 15) is 35.0 Å². The molecule has 63 heavy (non-hydrogen) atoms. The van der Waals surface area contributed by atoms with E-state index < -0.39 is 101 Å². The minimum atomic E-state index is -2.05. The Morgan fingerprint density at radius 2 is 1.62 bits per heavy atom. The summed E-state index contributed by atoms with van der Waals surface area (Å²) in [5.74, 6) is -3.18. The predicted octanol–water partition coefficient (Wildman–Crippen LogP) is 4.25. The van der Waals surface area contributed by atoms with Gasteiger partial charge in [0.2, 0.25) is 0 Å². The Balaban J connectivity index is 1.86. The van der Waals surface area contributed by atoms with Crippen LogP contribution in [0.1, 0.15) is 127 Å². The number of hydrogen-bond donors (Lipinski definition) is 3. The number of carbonyl (C=O) groups excluding carboxylic acids is 2. The van der Waals surface area contributed by atoms with Crippen molar-refractivity contribution >= 4 is 11.9 Å². The highest BCUT2D eigenvalue weighted by atomic mass is 17.0. The van der Waals surface area contributed by atoms with E-state index in [2.05, 4.69) is 0 Å². The molecule has 3 aliphatic heterocycles. The molecule has 0 radical (unpaired) electrons. The first-order chi connectivity index (χ1) is 29.3. The molecule has 18 atom stereocenters. The van der Waals surface area contributed by atoms with Crippen LogP contribution in [0, 0.1) is 33.8 Å². The molecule has 3 heterocycles. The van der Waals surface area contributed by atoms with E-state index in [1.807, 2.05) is 37.7 Å². The van der Waals surface area contributed by atoms with E-state index in [1.54, 1.807) is 55.5 Å². The SMILES string of the molecule is CC[C@H]1OC(=O)[C@H](C)[C@@H](O[C@H]2C[C@@](C)(OC)[C@@H](O)[C@H](C)O2)[C@H](C)[C@@H](O[C@@H]2O[C@H](C)CC(N(C)C)[C@H]2OC(=O)CC2CCCC2)[C@](C)(O)C[C@@H](C)CN(C)[C@H](C)[C@@H](O[N+](=O)[O-])[C@]1(C)O. The molecule has 1 unspecified atom stereocenters. The number of methoxy groups -OCH3 is 1. The molecule has 1 aliphatic carbocycles. The van der Waals surface area contributed by atoms with E-state index in [4.69, 9.17) is 38.0 Å². The topological polar surface area (TPSA) is 218 Å². The van der Waals surface area contributed by atoms with Crippen LogP contribution >= 0.6 is 0 Å². The fourth-order valence-electron chi connectivity index (χ4n) is 10.8. The zero-order valence-electron chi connectivity index (χ0n) is 40.4. The third kappa shape index (κ3) is 13.0. The largest absolute Gasteiger partial charge is 0.459 e. The van der Waals surface area contributed by atoms with Crippen molar-refractivity contribution in [2.45, 2.75) is 217 Å². The van der Waals surface area contributed by atoms with Gasteiger partial charge in [0.15, 0.2) is 24.8 Å². The maximum Gasteiger partial charge on any atom is 0.311 e. The summed E-state index contributed by atoms with van der Waals surface area (Å²) in [7, 11) is 7.06. The van der Waals surface area contributed by atoms with E-state index in [-0.39, 0.29) is 55.6 Å². The van der Waals surface area contributed by atoms with E-state index in [0.29, 0.717) is 13.0 Å². The summed E-state index contributed by atoms with van der Waals surface area (Å²) in [5, 5.41) is 47.0. The Morgan fingerprint density at radius 3 is 2.19 bits per heavy atom. The summed E-state index contributed by atoms with van der Waals surface area (Å²) in [6.07, 6.45) is -4.93. The summed E-state index contributed by atoms with van der Waals surface area (Å²) in [4.78, 5) is 49.1. The molecule has 18 heteroatoms. The number of esters is 2. The third-order valence-corrected chi connectivity index (χ3v) is 14.5. The Hall–Kier alpha value is -2.26. The van der Waals surface area contributed by atoms with Gasteiger partial charge in [0.05, 0.1) is 47.6 Å². The van der Waals surface area contributed by atoms with Crippen LogP contribution in [0.4, 0.5) is 0 Å². The fourth-order valence-corrected chi connectivity index (χ4v) is 10.8. The first kappa shape index (κ1) is 53.4. The van der Waals surface area contributed by atoms with Gasteiger partial charge in [-0.1, -0.05) is 33.6 Å². The zero-order chi connectivity index (χ0) is 47.4. The minimum Gasteiger partial charge on any atom is -0.459 e. The molecule has 0 amide bonds. The molecule has 3 saturated heterocycles. The van der Waals surface area contributed by atoms with E-state index in [1.165, 1.54) is 14.0 Å². The number of ether oxygens (including phenoxy) is 7. The molecule has 0 aromatic rings. The maximum absolute atomic E-state index is 14.6.